The quantitative estimate of drug-likeness (QED) is 0.725. The Bertz CT molecular complexity index is 1040. The molecule has 2 aliphatic rings. The van der Waals surface area contributed by atoms with E-state index in [1.54, 1.807) is 0 Å². The zero-order valence-electron chi connectivity index (χ0n) is 20.1. The van der Waals surface area contributed by atoms with Crippen LogP contribution in [0.15, 0.2) is 30.5 Å². The molecule has 176 valence electrons. The number of alkyl carbamates (subject to hydrolysis) is 1. The molecule has 0 radical (unpaired) electrons. The number of nitrogens with one attached hydrogen (secondary N) is 1. The highest BCUT2D eigenvalue weighted by Crippen LogP contribution is 2.34. The van der Waals surface area contributed by atoms with Crippen molar-refractivity contribution < 1.29 is 14.3 Å². The molecule has 2 aliphatic heterocycles. The van der Waals surface area contributed by atoms with Crippen LogP contribution in [0.4, 0.5) is 4.79 Å². The van der Waals surface area contributed by atoms with Crippen molar-refractivity contribution in [3.63, 3.8) is 0 Å². The largest absolute Gasteiger partial charge is 0.444 e. The fraction of sp³-hybridized carbons (Fsp3) is 0.538. The van der Waals surface area contributed by atoms with Crippen LogP contribution >= 0.6 is 0 Å². The second-order valence-electron chi connectivity index (χ2n) is 9.80. The Morgan fingerprint density at radius 1 is 1.21 bits per heavy atom. The maximum atomic E-state index is 11.8. The molecule has 0 aliphatic carbocycles. The lowest BCUT2D eigenvalue weighted by Gasteiger charge is -2.32. The van der Waals surface area contributed by atoms with Gasteiger partial charge in [0.2, 0.25) is 0 Å². The zero-order valence-corrected chi connectivity index (χ0v) is 20.1. The molecule has 1 saturated heterocycles. The van der Waals surface area contributed by atoms with Crippen LogP contribution in [0, 0.1) is 11.8 Å². The monoisotopic (exact) mass is 450 g/mol. The molecule has 1 aromatic heterocycles. The molecule has 2 aromatic rings. The summed E-state index contributed by atoms with van der Waals surface area (Å²) in [7, 11) is 2.16. The number of carbonyl (C=O) groups excluding carboxylic acids is 1. The number of hydrogen-bond donors (Lipinski definition) is 1. The third kappa shape index (κ3) is 6.16. The van der Waals surface area contributed by atoms with Crippen molar-refractivity contribution >= 4 is 6.09 Å². The van der Waals surface area contributed by atoms with Gasteiger partial charge in [0.25, 0.3) is 0 Å². The summed E-state index contributed by atoms with van der Waals surface area (Å²) in [6.45, 7) is 8.64. The molecule has 1 atom stereocenters. The Hall–Kier alpha value is -2.82. The zero-order chi connectivity index (χ0) is 23.4. The fourth-order valence-electron chi connectivity index (χ4n) is 4.29. The Morgan fingerprint density at radius 3 is 2.73 bits per heavy atom. The van der Waals surface area contributed by atoms with Gasteiger partial charge in [0, 0.05) is 25.8 Å². The number of nitrogens with zero attached hydrogens (tertiary/aromatic N) is 3. The summed E-state index contributed by atoms with van der Waals surface area (Å²) in [5.41, 5.74) is 2.67. The molecule has 0 spiro atoms. The number of piperidine rings is 1. The predicted molar refractivity (Wildman–Crippen MR) is 127 cm³/mol. The van der Waals surface area contributed by atoms with Gasteiger partial charge in [0.05, 0.1) is 12.6 Å². The van der Waals surface area contributed by atoms with E-state index < -0.39 is 11.7 Å². The number of amides is 1. The molecular formula is C26H34N4O3. The molecule has 7 nitrogen and oxygen atoms in total. The van der Waals surface area contributed by atoms with Crippen LogP contribution in [0.3, 0.4) is 0 Å². The van der Waals surface area contributed by atoms with E-state index in [1.807, 2.05) is 27.0 Å². The first kappa shape index (κ1) is 23.3. The summed E-state index contributed by atoms with van der Waals surface area (Å²) < 4.78 is 14.1. The number of aromatic nitrogens is 2. The molecule has 33 heavy (non-hydrogen) atoms. The normalized spacial score (nSPS) is 19.0. The molecule has 7 heteroatoms. The van der Waals surface area contributed by atoms with E-state index >= 15 is 0 Å². The first-order valence-electron chi connectivity index (χ1n) is 11.7. The van der Waals surface area contributed by atoms with Crippen molar-refractivity contribution in [2.75, 3.05) is 26.7 Å². The number of fused-ring (bicyclic) bond motifs is 2. The molecule has 0 bridgehead atoms. The van der Waals surface area contributed by atoms with Crippen molar-refractivity contribution in [2.24, 2.45) is 0 Å². The summed E-state index contributed by atoms with van der Waals surface area (Å²) in [5, 5.41) is 2.66. The van der Waals surface area contributed by atoms with Crippen molar-refractivity contribution in [3.8, 4) is 11.8 Å². The maximum absolute atomic E-state index is 11.8. The average Bonchev–Trinajstić information content (AvgIpc) is 3.11. The standard InChI is InChI=1S/C26H34N4O3/c1-26(2,3)33-25(31)27-14-7-9-20-18-30-17-11-19-8-5-6-10-22(19)23(24(30)28-20)32-21-12-15-29(4)16-13-21/h5-6,8,10,18,21,23H,11-17H2,1-4H3,(H,27,31). The number of imidazole rings is 1. The van der Waals surface area contributed by atoms with Gasteiger partial charge in [-0.25, -0.2) is 9.78 Å². The van der Waals surface area contributed by atoms with E-state index in [4.69, 9.17) is 14.5 Å². The topological polar surface area (TPSA) is 68.6 Å². The minimum Gasteiger partial charge on any atom is -0.444 e. The van der Waals surface area contributed by atoms with Crippen LogP contribution in [-0.4, -0.2) is 58.9 Å². The summed E-state index contributed by atoms with van der Waals surface area (Å²) in [6.07, 6.45) is 4.52. The van der Waals surface area contributed by atoms with Gasteiger partial charge in [-0.1, -0.05) is 30.2 Å². The van der Waals surface area contributed by atoms with E-state index in [0.717, 1.165) is 44.7 Å². The second-order valence-corrected chi connectivity index (χ2v) is 9.80. The Labute approximate surface area is 196 Å². The van der Waals surface area contributed by atoms with E-state index in [0.29, 0.717) is 5.69 Å². The molecule has 3 heterocycles. The van der Waals surface area contributed by atoms with Crippen molar-refractivity contribution in [2.45, 2.75) is 64.4 Å². The minimum absolute atomic E-state index is 0.201. The van der Waals surface area contributed by atoms with Crippen LogP contribution in [0.25, 0.3) is 0 Å². The third-order valence-electron chi connectivity index (χ3n) is 5.93. The highest BCUT2D eigenvalue weighted by Gasteiger charge is 2.30. The number of carbonyl (C=O) groups is 1. The number of benzene rings is 1. The highest BCUT2D eigenvalue weighted by atomic mass is 16.6. The first-order chi connectivity index (χ1) is 15.8. The summed E-state index contributed by atoms with van der Waals surface area (Å²) in [4.78, 5) is 19.0. The lowest BCUT2D eigenvalue weighted by molar-refractivity contribution is -0.0276. The summed E-state index contributed by atoms with van der Waals surface area (Å²) in [5.74, 6) is 6.97. The van der Waals surface area contributed by atoms with Gasteiger partial charge in [0.15, 0.2) is 0 Å². The maximum Gasteiger partial charge on any atom is 0.408 e. The van der Waals surface area contributed by atoms with Gasteiger partial charge >= 0.3 is 6.09 Å². The van der Waals surface area contributed by atoms with E-state index in [-0.39, 0.29) is 18.8 Å². The van der Waals surface area contributed by atoms with Gasteiger partial charge in [-0.3, -0.25) is 0 Å². The lowest BCUT2D eigenvalue weighted by atomic mass is 10.00. The van der Waals surface area contributed by atoms with E-state index in [1.165, 1.54) is 11.1 Å². The number of hydrogen-bond acceptors (Lipinski definition) is 5. The number of likely N-dealkylation sites (tertiary alicyclic amines) is 1. The number of ether oxygens (including phenoxy) is 2. The van der Waals surface area contributed by atoms with Gasteiger partial charge in [-0.2, -0.15) is 0 Å². The van der Waals surface area contributed by atoms with Crippen LogP contribution in [-0.2, 0) is 22.4 Å². The van der Waals surface area contributed by atoms with E-state index in [2.05, 4.69) is 57.9 Å². The average molecular weight is 451 g/mol. The molecule has 4 rings (SSSR count). The van der Waals surface area contributed by atoms with E-state index in [9.17, 15) is 4.79 Å². The van der Waals surface area contributed by atoms with Crippen LogP contribution in [0.5, 0.6) is 0 Å². The van der Waals surface area contributed by atoms with Crippen molar-refractivity contribution in [1.29, 1.82) is 0 Å². The third-order valence-corrected chi connectivity index (χ3v) is 5.93. The Morgan fingerprint density at radius 2 is 1.97 bits per heavy atom. The van der Waals surface area contributed by atoms with Crippen molar-refractivity contribution in [3.05, 3.63) is 53.1 Å². The van der Waals surface area contributed by atoms with Gasteiger partial charge < -0.3 is 24.3 Å². The van der Waals surface area contributed by atoms with Crippen LogP contribution < -0.4 is 5.32 Å². The minimum atomic E-state index is -0.530. The summed E-state index contributed by atoms with van der Waals surface area (Å²) in [6, 6.07) is 8.52. The second kappa shape index (κ2) is 9.98. The Kier molecular flexibility index (Phi) is 7.06. The highest BCUT2D eigenvalue weighted by molar-refractivity contribution is 5.68. The van der Waals surface area contributed by atoms with Gasteiger partial charge in [-0.05, 0) is 64.1 Å². The lowest BCUT2D eigenvalue weighted by Crippen LogP contribution is -2.35. The van der Waals surface area contributed by atoms with Crippen LogP contribution in [0.1, 0.15) is 62.4 Å². The smallest absolute Gasteiger partial charge is 0.408 e. The van der Waals surface area contributed by atoms with Gasteiger partial charge in [-0.15, -0.1) is 0 Å². The fourth-order valence-corrected chi connectivity index (χ4v) is 4.29. The molecule has 1 amide bonds. The molecule has 1 unspecified atom stereocenters. The molecule has 0 saturated carbocycles. The van der Waals surface area contributed by atoms with Crippen LogP contribution in [0.2, 0.25) is 0 Å². The molecule has 1 N–H and O–H groups in total. The van der Waals surface area contributed by atoms with Crippen molar-refractivity contribution in [1.82, 2.24) is 19.8 Å². The Balaban J connectivity index is 1.51. The van der Waals surface area contributed by atoms with Gasteiger partial charge in [0.1, 0.15) is 23.2 Å². The number of aryl methyl sites for hydroxylation is 2. The molecule has 1 fully saturated rings. The SMILES string of the molecule is CN1CCC(OC2c3ccccc3CCn3cc(C#CCNC(=O)OC(C)(C)C)nc32)CC1. The predicted octanol–water partition coefficient (Wildman–Crippen LogP) is 3.52. The molecule has 1 aromatic carbocycles. The number of rotatable bonds is 3. The first-order valence-corrected chi connectivity index (χ1v) is 11.7. The summed E-state index contributed by atoms with van der Waals surface area (Å²) >= 11 is 0. The molecular weight excluding hydrogens is 416 g/mol.